The maximum Gasteiger partial charge on any atom is 0.357 e. The predicted molar refractivity (Wildman–Crippen MR) is 112 cm³/mol. The summed E-state index contributed by atoms with van der Waals surface area (Å²) in [7, 11) is 2.21. The number of rotatable bonds is 8. The Balaban J connectivity index is 2.32. The second kappa shape index (κ2) is 10.0. The molecule has 3 aromatic rings. The van der Waals surface area contributed by atoms with Crippen LogP contribution < -0.4 is 4.74 Å². The van der Waals surface area contributed by atoms with Gasteiger partial charge in [0.05, 0.1) is 32.1 Å². The van der Waals surface area contributed by atoms with Crippen LogP contribution in [-0.4, -0.2) is 42.5 Å². The van der Waals surface area contributed by atoms with E-state index < -0.39 is 40.4 Å². The van der Waals surface area contributed by atoms with Gasteiger partial charge in [0.2, 0.25) is 0 Å². The Bertz CT molecular complexity index is 1130. The molecule has 9 heteroatoms. The number of benzene rings is 2. The van der Waals surface area contributed by atoms with Crippen LogP contribution in [0.1, 0.15) is 40.6 Å². The van der Waals surface area contributed by atoms with Crippen LogP contribution in [0.3, 0.4) is 0 Å². The summed E-state index contributed by atoms with van der Waals surface area (Å²) in [5, 5.41) is 4.23. The third-order valence-corrected chi connectivity index (χ3v) is 4.70. The lowest BCUT2D eigenvalue weighted by molar-refractivity contribution is 0.0549. The van der Waals surface area contributed by atoms with Crippen molar-refractivity contribution in [3.8, 4) is 22.7 Å². The van der Waals surface area contributed by atoms with Crippen LogP contribution in [0.4, 0.5) is 8.78 Å². The Morgan fingerprint density at radius 1 is 1.00 bits per heavy atom. The zero-order valence-electron chi connectivity index (χ0n) is 17.9. The number of para-hydroxylation sites is 1. The van der Waals surface area contributed by atoms with Crippen LogP contribution in [0.25, 0.3) is 16.9 Å². The van der Waals surface area contributed by atoms with Gasteiger partial charge in [-0.2, -0.15) is 5.10 Å². The first-order chi connectivity index (χ1) is 15.4. The molecule has 1 heterocycles. The van der Waals surface area contributed by atoms with Gasteiger partial charge in [0.15, 0.2) is 17.3 Å². The molecule has 0 saturated heterocycles. The maximum absolute atomic E-state index is 15.3. The molecule has 0 N–H and O–H groups in total. The molecule has 32 heavy (non-hydrogen) atoms. The van der Waals surface area contributed by atoms with E-state index in [1.54, 1.807) is 30.3 Å². The zero-order valence-corrected chi connectivity index (χ0v) is 17.9. The van der Waals surface area contributed by atoms with Gasteiger partial charge in [0.1, 0.15) is 17.1 Å². The molecule has 0 saturated carbocycles. The fourth-order valence-corrected chi connectivity index (χ4v) is 3.12. The Morgan fingerprint density at radius 3 is 2.31 bits per heavy atom. The molecular weight excluding hydrogens is 422 g/mol. The Morgan fingerprint density at radius 2 is 1.69 bits per heavy atom. The fourth-order valence-electron chi connectivity index (χ4n) is 3.12. The summed E-state index contributed by atoms with van der Waals surface area (Å²) in [5.74, 6) is -4.15. The molecule has 0 aliphatic heterocycles. The summed E-state index contributed by atoms with van der Waals surface area (Å²) in [4.78, 5) is 25.3. The van der Waals surface area contributed by atoms with E-state index in [2.05, 4.69) is 5.10 Å². The number of halogens is 2. The summed E-state index contributed by atoms with van der Waals surface area (Å²) in [6.07, 6.45) is 1.50. The molecule has 0 aliphatic carbocycles. The minimum Gasteiger partial charge on any atom is -0.490 e. The van der Waals surface area contributed by atoms with E-state index in [1.165, 1.54) is 0 Å². The molecule has 0 spiro atoms. The first-order valence-corrected chi connectivity index (χ1v) is 9.90. The van der Waals surface area contributed by atoms with E-state index in [0.717, 1.165) is 37.5 Å². The van der Waals surface area contributed by atoms with Gasteiger partial charge in [-0.15, -0.1) is 0 Å². The first-order valence-electron chi connectivity index (χ1n) is 9.90. The van der Waals surface area contributed by atoms with Crippen molar-refractivity contribution in [3.63, 3.8) is 0 Å². The number of unbranched alkanes of at least 4 members (excludes halogenated alkanes) is 1. The van der Waals surface area contributed by atoms with E-state index in [-0.39, 0.29) is 18.1 Å². The van der Waals surface area contributed by atoms with Gasteiger partial charge < -0.3 is 14.2 Å². The van der Waals surface area contributed by atoms with E-state index in [0.29, 0.717) is 12.1 Å². The van der Waals surface area contributed by atoms with Crippen molar-refractivity contribution in [3.05, 3.63) is 65.4 Å². The van der Waals surface area contributed by atoms with Crippen molar-refractivity contribution in [2.24, 2.45) is 0 Å². The third kappa shape index (κ3) is 4.32. The molecular formula is C23H22F2N2O5. The lowest BCUT2D eigenvalue weighted by Gasteiger charge is -2.11. The van der Waals surface area contributed by atoms with Crippen molar-refractivity contribution in [2.45, 2.75) is 19.8 Å². The van der Waals surface area contributed by atoms with Gasteiger partial charge in [-0.1, -0.05) is 31.5 Å². The van der Waals surface area contributed by atoms with Gasteiger partial charge in [-0.3, -0.25) is 0 Å². The number of hydrogen-bond acceptors (Lipinski definition) is 6. The van der Waals surface area contributed by atoms with Gasteiger partial charge >= 0.3 is 11.9 Å². The summed E-state index contributed by atoms with van der Waals surface area (Å²) < 4.78 is 46.3. The fraction of sp³-hybridized carbons (Fsp3) is 0.261. The van der Waals surface area contributed by atoms with Crippen LogP contribution in [0.2, 0.25) is 0 Å². The lowest BCUT2D eigenvalue weighted by Crippen LogP contribution is -2.15. The van der Waals surface area contributed by atoms with Crippen LogP contribution in [0, 0.1) is 11.6 Å². The van der Waals surface area contributed by atoms with Gasteiger partial charge in [-0.25, -0.2) is 23.1 Å². The largest absolute Gasteiger partial charge is 0.490 e. The normalized spacial score (nSPS) is 10.7. The summed E-state index contributed by atoms with van der Waals surface area (Å²) in [5.41, 5.74) is -1.39. The molecule has 0 amide bonds. The SMILES string of the molecule is CCCCOc1ccc(F)c(-c2nn(-c3ccccc3)c(C(=O)OC)c2C(=O)OC)c1F. The Kier molecular flexibility index (Phi) is 7.19. The minimum atomic E-state index is -1.04. The van der Waals surface area contributed by atoms with Crippen molar-refractivity contribution < 1.29 is 32.6 Å². The van der Waals surface area contributed by atoms with Crippen molar-refractivity contribution in [1.29, 1.82) is 0 Å². The third-order valence-electron chi connectivity index (χ3n) is 4.70. The molecule has 0 bridgehead atoms. The van der Waals surface area contributed by atoms with E-state index in [4.69, 9.17) is 14.2 Å². The van der Waals surface area contributed by atoms with E-state index in [9.17, 15) is 14.0 Å². The molecule has 0 aliphatic rings. The van der Waals surface area contributed by atoms with Crippen molar-refractivity contribution in [2.75, 3.05) is 20.8 Å². The number of carbonyl (C=O) groups excluding carboxylic acids is 2. The van der Waals surface area contributed by atoms with Gasteiger partial charge in [0, 0.05) is 0 Å². The standard InChI is InChI=1S/C23H22F2N2O5/c1-4-5-13-32-16-12-11-15(24)17(19(16)25)20-18(22(28)30-2)21(23(29)31-3)27(26-20)14-9-7-6-8-10-14/h6-12H,4-5,13H2,1-3H3. The number of esters is 2. The second-order valence-electron chi connectivity index (χ2n) is 6.74. The average molecular weight is 444 g/mol. The summed E-state index contributed by atoms with van der Waals surface area (Å²) in [6, 6.07) is 10.5. The molecule has 2 aromatic carbocycles. The maximum atomic E-state index is 15.3. The van der Waals surface area contributed by atoms with Crippen LogP contribution in [-0.2, 0) is 9.47 Å². The molecule has 0 fully saturated rings. The molecule has 0 atom stereocenters. The quantitative estimate of drug-likeness (QED) is 0.374. The second-order valence-corrected chi connectivity index (χ2v) is 6.74. The first kappa shape index (κ1) is 22.9. The number of carbonyl (C=O) groups is 2. The van der Waals surface area contributed by atoms with Gasteiger partial charge in [0.25, 0.3) is 0 Å². The molecule has 7 nitrogen and oxygen atoms in total. The molecule has 0 radical (unpaired) electrons. The molecule has 168 valence electrons. The van der Waals surface area contributed by atoms with Crippen LogP contribution in [0.15, 0.2) is 42.5 Å². The number of aromatic nitrogens is 2. The van der Waals surface area contributed by atoms with Crippen molar-refractivity contribution in [1.82, 2.24) is 9.78 Å². The monoisotopic (exact) mass is 444 g/mol. The molecule has 3 rings (SSSR count). The number of ether oxygens (including phenoxy) is 3. The molecule has 0 unspecified atom stereocenters. The predicted octanol–water partition coefficient (Wildman–Crippen LogP) is 4.57. The van der Waals surface area contributed by atoms with E-state index >= 15 is 4.39 Å². The topological polar surface area (TPSA) is 79.7 Å². The highest BCUT2D eigenvalue weighted by Gasteiger charge is 2.34. The van der Waals surface area contributed by atoms with Gasteiger partial charge in [-0.05, 0) is 30.7 Å². The highest BCUT2D eigenvalue weighted by molar-refractivity contribution is 6.07. The van der Waals surface area contributed by atoms with E-state index in [1.807, 2.05) is 6.92 Å². The zero-order chi connectivity index (χ0) is 23.3. The minimum absolute atomic E-state index is 0.195. The Hall–Kier alpha value is -3.75. The van der Waals surface area contributed by atoms with Crippen LogP contribution >= 0.6 is 0 Å². The average Bonchev–Trinajstić information content (AvgIpc) is 3.20. The Labute approximate surface area is 183 Å². The highest BCUT2D eigenvalue weighted by atomic mass is 19.1. The summed E-state index contributed by atoms with van der Waals surface area (Å²) >= 11 is 0. The number of nitrogens with zero attached hydrogens (tertiary/aromatic N) is 2. The smallest absolute Gasteiger partial charge is 0.357 e. The molecule has 1 aromatic heterocycles. The summed E-state index contributed by atoms with van der Waals surface area (Å²) in [6.45, 7) is 2.18. The van der Waals surface area contributed by atoms with Crippen LogP contribution in [0.5, 0.6) is 5.75 Å². The highest BCUT2D eigenvalue weighted by Crippen LogP contribution is 2.36. The number of hydrogen-bond donors (Lipinski definition) is 0. The lowest BCUT2D eigenvalue weighted by atomic mass is 10.0. The van der Waals surface area contributed by atoms with Crippen molar-refractivity contribution >= 4 is 11.9 Å². The number of methoxy groups -OCH3 is 2.